The van der Waals surface area contributed by atoms with Crippen LogP contribution in [0, 0.1) is 6.92 Å². The van der Waals surface area contributed by atoms with E-state index in [4.69, 9.17) is 9.94 Å². The summed E-state index contributed by atoms with van der Waals surface area (Å²) in [7, 11) is -1.94. The standard InChI is InChI=1S/C25H32N2O5S/c1-18-15-20(7-8-23(18)21-5-3-6-22(16-21)32-2)19-9-13-27(14-10-19)33(30,31)25(11-4-12-25)17-24(28)26-29/h3,5-8,15-16,19,29H,4,9-14,17H2,1-2H3,(H,26,28). The summed E-state index contributed by atoms with van der Waals surface area (Å²) in [4.78, 5) is 11.7. The van der Waals surface area contributed by atoms with Crippen LogP contribution in [0.2, 0.25) is 0 Å². The first-order valence-corrected chi connectivity index (χ1v) is 12.9. The minimum Gasteiger partial charge on any atom is -0.497 e. The van der Waals surface area contributed by atoms with E-state index in [0.29, 0.717) is 31.8 Å². The molecule has 1 amide bonds. The second kappa shape index (κ2) is 9.44. The van der Waals surface area contributed by atoms with Crippen molar-refractivity contribution in [2.45, 2.75) is 56.1 Å². The van der Waals surface area contributed by atoms with Gasteiger partial charge in [-0.1, -0.05) is 36.8 Å². The molecule has 2 fully saturated rings. The van der Waals surface area contributed by atoms with Gasteiger partial charge in [0.25, 0.3) is 0 Å². The molecule has 7 nitrogen and oxygen atoms in total. The number of hydrogen-bond donors (Lipinski definition) is 2. The minimum absolute atomic E-state index is 0.184. The molecule has 0 radical (unpaired) electrons. The van der Waals surface area contributed by atoms with E-state index in [9.17, 15) is 13.2 Å². The van der Waals surface area contributed by atoms with Gasteiger partial charge in [-0.2, -0.15) is 0 Å². The molecule has 2 aromatic rings. The van der Waals surface area contributed by atoms with E-state index in [2.05, 4.69) is 31.2 Å². The summed E-state index contributed by atoms with van der Waals surface area (Å²) in [5.41, 5.74) is 6.27. The number of ether oxygens (including phenoxy) is 1. The molecule has 8 heteroatoms. The Morgan fingerprint density at radius 3 is 2.48 bits per heavy atom. The number of carbonyl (C=O) groups excluding carboxylic acids is 1. The van der Waals surface area contributed by atoms with Gasteiger partial charge in [0.2, 0.25) is 15.9 Å². The third kappa shape index (κ3) is 4.52. The first-order chi connectivity index (χ1) is 15.8. The monoisotopic (exact) mass is 472 g/mol. The van der Waals surface area contributed by atoms with Crippen LogP contribution in [0.3, 0.4) is 0 Å². The molecule has 1 heterocycles. The molecular formula is C25H32N2O5S. The van der Waals surface area contributed by atoms with Crippen LogP contribution in [0.5, 0.6) is 5.75 Å². The number of sulfonamides is 1. The number of carbonyl (C=O) groups is 1. The zero-order valence-electron chi connectivity index (χ0n) is 19.2. The van der Waals surface area contributed by atoms with E-state index in [1.807, 2.05) is 18.2 Å². The Morgan fingerprint density at radius 1 is 1.18 bits per heavy atom. The van der Waals surface area contributed by atoms with E-state index in [0.717, 1.165) is 36.1 Å². The Kier molecular flexibility index (Phi) is 6.79. The molecule has 0 unspecified atom stereocenters. The Balaban J connectivity index is 1.45. The lowest BCUT2D eigenvalue weighted by Gasteiger charge is -2.45. The van der Waals surface area contributed by atoms with Gasteiger partial charge in [-0.25, -0.2) is 18.2 Å². The van der Waals surface area contributed by atoms with Crippen molar-refractivity contribution in [1.29, 1.82) is 0 Å². The molecule has 2 aliphatic rings. The minimum atomic E-state index is -3.61. The first kappa shape index (κ1) is 23.7. The molecule has 1 saturated heterocycles. The van der Waals surface area contributed by atoms with Crippen molar-refractivity contribution in [3.05, 3.63) is 53.6 Å². The molecule has 4 rings (SSSR count). The molecule has 1 aliphatic heterocycles. The van der Waals surface area contributed by atoms with Crippen LogP contribution in [-0.2, 0) is 14.8 Å². The highest BCUT2D eigenvalue weighted by Gasteiger charge is 2.53. The SMILES string of the molecule is COc1cccc(-c2ccc(C3CCN(S(=O)(=O)C4(CC(=O)NO)CCC4)CC3)cc2C)c1. The van der Waals surface area contributed by atoms with Gasteiger partial charge in [0.05, 0.1) is 11.9 Å². The van der Waals surface area contributed by atoms with Crippen molar-refractivity contribution < 1.29 is 23.2 Å². The number of hydroxylamine groups is 1. The summed E-state index contributed by atoms with van der Waals surface area (Å²) in [6.45, 7) is 3.00. The predicted molar refractivity (Wildman–Crippen MR) is 127 cm³/mol. The maximum atomic E-state index is 13.3. The summed E-state index contributed by atoms with van der Waals surface area (Å²) in [6, 6.07) is 14.5. The first-order valence-electron chi connectivity index (χ1n) is 11.5. The van der Waals surface area contributed by atoms with Gasteiger partial charge in [-0.3, -0.25) is 10.0 Å². The lowest BCUT2D eigenvalue weighted by Crippen LogP contribution is -2.56. The van der Waals surface area contributed by atoms with E-state index in [-0.39, 0.29) is 6.42 Å². The maximum Gasteiger partial charge on any atom is 0.244 e. The van der Waals surface area contributed by atoms with Crippen molar-refractivity contribution in [3.8, 4) is 16.9 Å². The van der Waals surface area contributed by atoms with Crippen molar-refractivity contribution in [1.82, 2.24) is 9.79 Å². The van der Waals surface area contributed by atoms with Crippen molar-refractivity contribution in [2.24, 2.45) is 0 Å². The van der Waals surface area contributed by atoms with Gasteiger partial charge in [-0.05, 0) is 72.9 Å². The zero-order valence-corrected chi connectivity index (χ0v) is 20.0. The van der Waals surface area contributed by atoms with Gasteiger partial charge in [0.15, 0.2) is 0 Å². The number of hydrogen-bond acceptors (Lipinski definition) is 5. The number of benzene rings is 2. The maximum absolute atomic E-state index is 13.3. The number of methoxy groups -OCH3 is 1. The molecule has 2 aromatic carbocycles. The van der Waals surface area contributed by atoms with Gasteiger partial charge in [0.1, 0.15) is 5.75 Å². The van der Waals surface area contributed by atoms with Crippen LogP contribution in [0.15, 0.2) is 42.5 Å². The zero-order chi connectivity index (χ0) is 23.6. The number of amides is 1. The largest absolute Gasteiger partial charge is 0.497 e. The molecule has 178 valence electrons. The summed E-state index contributed by atoms with van der Waals surface area (Å²) >= 11 is 0. The molecule has 33 heavy (non-hydrogen) atoms. The van der Waals surface area contributed by atoms with Crippen LogP contribution in [0.1, 0.15) is 55.6 Å². The third-order valence-electron chi connectivity index (χ3n) is 7.32. The molecule has 0 bridgehead atoms. The number of aryl methyl sites for hydroxylation is 1. The van der Waals surface area contributed by atoms with E-state index in [1.165, 1.54) is 11.1 Å². The second-order valence-electron chi connectivity index (χ2n) is 9.23. The predicted octanol–water partition coefficient (Wildman–Crippen LogP) is 4.00. The highest BCUT2D eigenvalue weighted by molar-refractivity contribution is 7.90. The molecule has 0 spiro atoms. The summed E-state index contributed by atoms with van der Waals surface area (Å²) in [6.07, 6.45) is 3.03. The van der Waals surface area contributed by atoms with Crippen LogP contribution in [0.4, 0.5) is 0 Å². The molecular weight excluding hydrogens is 440 g/mol. The van der Waals surface area contributed by atoms with Gasteiger partial charge in [0, 0.05) is 19.5 Å². The number of piperidine rings is 1. The lowest BCUT2D eigenvalue weighted by atomic mass is 9.81. The fourth-order valence-electron chi connectivity index (χ4n) is 5.19. The quantitative estimate of drug-likeness (QED) is 0.469. The van der Waals surface area contributed by atoms with Crippen molar-refractivity contribution in [2.75, 3.05) is 20.2 Å². The van der Waals surface area contributed by atoms with Crippen molar-refractivity contribution in [3.63, 3.8) is 0 Å². The molecule has 2 N–H and O–H groups in total. The van der Waals surface area contributed by atoms with E-state index >= 15 is 0 Å². The van der Waals surface area contributed by atoms with Crippen LogP contribution in [-0.4, -0.2) is 48.8 Å². The van der Waals surface area contributed by atoms with E-state index < -0.39 is 20.7 Å². The fraction of sp³-hybridized carbons (Fsp3) is 0.480. The fourth-order valence-corrected chi connectivity index (χ4v) is 7.55. The average molecular weight is 473 g/mol. The average Bonchev–Trinajstić information content (AvgIpc) is 2.81. The topological polar surface area (TPSA) is 95.9 Å². The highest BCUT2D eigenvalue weighted by atomic mass is 32.2. The second-order valence-corrected chi connectivity index (χ2v) is 11.6. The van der Waals surface area contributed by atoms with Crippen LogP contribution >= 0.6 is 0 Å². The van der Waals surface area contributed by atoms with Crippen molar-refractivity contribution >= 4 is 15.9 Å². The Hall–Kier alpha value is -2.42. The smallest absolute Gasteiger partial charge is 0.244 e. The summed E-state index contributed by atoms with van der Waals surface area (Å²) < 4.78 is 32.5. The Labute approximate surface area is 195 Å². The third-order valence-corrected chi connectivity index (χ3v) is 10.0. The summed E-state index contributed by atoms with van der Waals surface area (Å²) in [5, 5.41) is 8.88. The van der Waals surface area contributed by atoms with Crippen LogP contribution in [0.25, 0.3) is 11.1 Å². The summed E-state index contributed by atoms with van der Waals surface area (Å²) in [5.74, 6) is 0.484. The van der Waals surface area contributed by atoms with Gasteiger partial charge >= 0.3 is 0 Å². The molecule has 1 saturated carbocycles. The van der Waals surface area contributed by atoms with E-state index in [1.54, 1.807) is 16.9 Å². The Bertz CT molecular complexity index is 1120. The normalized spacial score (nSPS) is 19.0. The lowest BCUT2D eigenvalue weighted by molar-refractivity contribution is -0.130. The molecule has 1 aliphatic carbocycles. The highest BCUT2D eigenvalue weighted by Crippen LogP contribution is 2.45. The van der Waals surface area contributed by atoms with Crippen LogP contribution < -0.4 is 10.2 Å². The van der Waals surface area contributed by atoms with Gasteiger partial charge < -0.3 is 4.74 Å². The molecule has 0 atom stereocenters. The molecule has 0 aromatic heterocycles. The Morgan fingerprint density at radius 2 is 1.91 bits per heavy atom. The number of nitrogens with one attached hydrogen (secondary N) is 1. The van der Waals surface area contributed by atoms with Gasteiger partial charge in [-0.15, -0.1) is 0 Å². The number of rotatable bonds is 7. The number of nitrogens with zero attached hydrogens (tertiary/aromatic N) is 1.